The topological polar surface area (TPSA) is 84.9 Å². The first kappa shape index (κ1) is 18.0. The SMILES string of the molecule is COc1ccc(OC)c(C(O)=CC(=O)C(=O)Nc2ccccc2F)c1. The minimum absolute atomic E-state index is 0.132. The number of hydrogen-bond donors (Lipinski definition) is 2. The molecule has 2 aromatic carbocycles. The molecule has 1 amide bonds. The van der Waals surface area contributed by atoms with Crippen LogP contribution in [0.4, 0.5) is 10.1 Å². The maximum Gasteiger partial charge on any atom is 0.296 e. The van der Waals surface area contributed by atoms with Crippen molar-refractivity contribution in [1.82, 2.24) is 0 Å². The normalized spacial score (nSPS) is 10.9. The number of halogens is 1. The van der Waals surface area contributed by atoms with Crippen LogP contribution in [0.2, 0.25) is 0 Å². The van der Waals surface area contributed by atoms with Crippen molar-refractivity contribution in [3.05, 3.63) is 59.9 Å². The summed E-state index contributed by atoms with van der Waals surface area (Å²) in [6.07, 6.45) is 0.730. The van der Waals surface area contributed by atoms with Gasteiger partial charge in [0.05, 0.1) is 25.5 Å². The summed E-state index contributed by atoms with van der Waals surface area (Å²) in [5.41, 5.74) is 0.0431. The summed E-state index contributed by atoms with van der Waals surface area (Å²) in [6, 6.07) is 10.0. The number of methoxy groups -OCH3 is 2. The number of nitrogens with one attached hydrogen (secondary N) is 1. The van der Waals surface area contributed by atoms with Gasteiger partial charge >= 0.3 is 0 Å². The number of carbonyl (C=O) groups is 2. The highest BCUT2D eigenvalue weighted by atomic mass is 19.1. The Hall–Kier alpha value is -3.35. The van der Waals surface area contributed by atoms with Gasteiger partial charge in [0.25, 0.3) is 5.91 Å². The van der Waals surface area contributed by atoms with E-state index in [1.54, 1.807) is 12.1 Å². The van der Waals surface area contributed by atoms with Gasteiger partial charge in [-0.15, -0.1) is 0 Å². The van der Waals surface area contributed by atoms with Crippen molar-refractivity contribution in [3.8, 4) is 11.5 Å². The number of ether oxygens (including phenoxy) is 2. The molecular formula is C18H16FNO5. The number of hydrogen-bond acceptors (Lipinski definition) is 5. The molecule has 0 aromatic heterocycles. The minimum atomic E-state index is -1.08. The second kappa shape index (κ2) is 7.96. The number of benzene rings is 2. The predicted molar refractivity (Wildman–Crippen MR) is 90.2 cm³/mol. The second-order valence-corrected chi connectivity index (χ2v) is 4.89. The molecule has 2 rings (SSSR count). The summed E-state index contributed by atoms with van der Waals surface area (Å²) in [7, 11) is 2.84. The van der Waals surface area contributed by atoms with Crippen molar-refractivity contribution in [2.24, 2.45) is 0 Å². The van der Waals surface area contributed by atoms with Crippen molar-refractivity contribution < 1.29 is 28.6 Å². The van der Waals surface area contributed by atoms with Gasteiger partial charge in [0.15, 0.2) is 0 Å². The fourth-order valence-corrected chi connectivity index (χ4v) is 2.03. The largest absolute Gasteiger partial charge is 0.507 e. The third kappa shape index (κ3) is 4.35. The monoisotopic (exact) mass is 345 g/mol. The summed E-state index contributed by atoms with van der Waals surface area (Å²) in [4.78, 5) is 23.8. The summed E-state index contributed by atoms with van der Waals surface area (Å²) in [5, 5.41) is 12.3. The maximum atomic E-state index is 13.5. The lowest BCUT2D eigenvalue weighted by atomic mass is 10.1. The Morgan fingerprint density at radius 2 is 1.84 bits per heavy atom. The molecule has 25 heavy (non-hydrogen) atoms. The number of para-hydroxylation sites is 1. The molecule has 0 unspecified atom stereocenters. The molecule has 130 valence electrons. The Kier molecular flexibility index (Phi) is 5.73. The molecule has 0 spiro atoms. The number of aliphatic hydroxyl groups excluding tert-OH is 1. The van der Waals surface area contributed by atoms with Crippen molar-refractivity contribution in [3.63, 3.8) is 0 Å². The van der Waals surface area contributed by atoms with Crippen LogP contribution in [0, 0.1) is 5.82 Å². The molecule has 0 bridgehead atoms. The van der Waals surface area contributed by atoms with E-state index in [1.165, 1.54) is 38.5 Å². The Morgan fingerprint density at radius 1 is 1.12 bits per heavy atom. The van der Waals surface area contributed by atoms with Gasteiger partial charge in [0.1, 0.15) is 23.1 Å². The zero-order valence-corrected chi connectivity index (χ0v) is 13.6. The van der Waals surface area contributed by atoms with Crippen LogP contribution in [0.15, 0.2) is 48.5 Å². The average molecular weight is 345 g/mol. The van der Waals surface area contributed by atoms with Crippen molar-refractivity contribution in [2.45, 2.75) is 0 Å². The standard InChI is InChI=1S/C18H16FNO5/c1-24-11-7-8-17(25-2)12(9-11)15(21)10-16(22)18(23)20-14-6-4-3-5-13(14)19/h3-10,21H,1-2H3,(H,20,23). The van der Waals surface area contributed by atoms with E-state index in [0.717, 1.165) is 12.1 Å². The fraction of sp³-hybridized carbons (Fsp3) is 0.111. The van der Waals surface area contributed by atoms with Crippen molar-refractivity contribution in [2.75, 3.05) is 19.5 Å². The molecule has 0 fully saturated rings. The van der Waals surface area contributed by atoms with E-state index in [9.17, 15) is 19.1 Å². The van der Waals surface area contributed by atoms with Crippen LogP contribution >= 0.6 is 0 Å². The van der Waals surface area contributed by atoms with E-state index in [4.69, 9.17) is 9.47 Å². The molecule has 6 nitrogen and oxygen atoms in total. The number of amides is 1. The van der Waals surface area contributed by atoms with Gasteiger partial charge in [-0.05, 0) is 30.3 Å². The van der Waals surface area contributed by atoms with Crippen molar-refractivity contribution >= 4 is 23.1 Å². The molecule has 2 aromatic rings. The third-order valence-electron chi connectivity index (χ3n) is 3.30. The van der Waals surface area contributed by atoms with Crippen LogP contribution in [0.1, 0.15) is 5.56 Å². The third-order valence-corrected chi connectivity index (χ3v) is 3.30. The number of rotatable bonds is 6. The molecule has 0 aliphatic heterocycles. The van der Waals surface area contributed by atoms with Gasteiger partial charge in [-0.2, -0.15) is 0 Å². The zero-order chi connectivity index (χ0) is 18.4. The van der Waals surface area contributed by atoms with E-state index in [0.29, 0.717) is 5.75 Å². The smallest absolute Gasteiger partial charge is 0.296 e. The number of carbonyl (C=O) groups excluding carboxylic acids is 2. The molecule has 0 atom stereocenters. The Labute approximate surface area is 143 Å². The van der Waals surface area contributed by atoms with Crippen LogP contribution in [0.25, 0.3) is 5.76 Å². The quantitative estimate of drug-likeness (QED) is 0.478. The first-order valence-corrected chi connectivity index (χ1v) is 7.19. The number of ketones is 1. The summed E-state index contributed by atoms with van der Waals surface area (Å²) in [5.74, 6) is -2.57. The van der Waals surface area contributed by atoms with Crippen LogP contribution in [-0.4, -0.2) is 31.0 Å². The van der Waals surface area contributed by atoms with Gasteiger partial charge in [-0.1, -0.05) is 12.1 Å². The van der Waals surface area contributed by atoms with Crippen LogP contribution in [0.5, 0.6) is 11.5 Å². The highest BCUT2D eigenvalue weighted by Crippen LogP contribution is 2.28. The second-order valence-electron chi connectivity index (χ2n) is 4.89. The highest BCUT2D eigenvalue weighted by molar-refractivity contribution is 6.45. The lowest BCUT2D eigenvalue weighted by Crippen LogP contribution is -2.21. The number of aliphatic hydroxyl groups is 1. The molecule has 0 aliphatic rings. The maximum absolute atomic E-state index is 13.5. The Balaban J connectivity index is 2.22. The van der Waals surface area contributed by atoms with E-state index in [2.05, 4.69) is 5.32 Å². The highest BCUT2D eigenvalue weighted by Gasteiger charge is 2.17. The van der Waals surface area contributed by atoms with E-state index in [-0.39, 0.29) is 17.0 Å². The van der Waals surface area contributed by atoms with Crippen LogP contribution < -0.4 is 14.8 Å². The first-order valence-electron chi connectivity index (χ1n) is 7.19. The van der Waals surface area contributed by atoms with Gasteiger partial charge in [-0.25, -0.2) is 4.39 Å². The molecule has 0 saturated heterocycles. The average Bonchev–Trinajstić information content (AvgIpc) is 2.62. The van der Waals surface area contributed by atoms with Gasteiger partial charge in [0, 0.05) is 6.08 Å². The van der Waals surface area contributed by atoms with Gasteiger partial charge in [0.2, 0.25) is 5.78 Å². The molecule has 7 heteroatoms. The molecule has 0 aliphatic carbocycles. The van der Waals surface area contributed by atoms with Gasteiger partial charge < -0.3 is 19.9 Å². The van der Waals surface area contributed by atoms with Crippen LogP contribution in [0.3, 0.4) is 0 Å². The Bertz CT molecular complexity index is 832. The lowest BCUT2D eigenvalue weighted by Gasteiger charge is -2.10. The number of anilines is 1. The minimum Gasteiger partial charge on any atom is -0.507 e. The Morgan fingerprint density at radius 3 is 2.48 bits per heavy atom. The summed E-state index contributed by atoms with van der Waals surface area (Å²) >= 11 is 0. The molecule has 2 N–H and O–H groups in total. The van der Waals surface area contributed by atoms with Gasteiger partial charge in [-0.3, -0.25) is 9.59 Å². The molecule has 0 heterocycles. The van der Waals surface area contributed by atoms with Crippen LogP contribution in [-0.2, 0) is 9.59 Å². The lowest BCUT2D eigenvalue weighted by molar-refractivity contribution is -0.132. The fourth-order valence-electron chi connectivity index (χ4n) is 2.03. The van der Waals surface area contributed by atoms with E-state index < -0.39 is 23.3 Å². The predicted octanol–water partition coefficient (Wildman–Crippen LogP) is 2.95. The molecular weight excluding hydrogens is 329 g/mol. The summed E-state index contributed by atoms with van der Waals surface area (Å²) in [6.45, 7) is 0. The molecule has 0 radical (unpaired) electrons. The van der Waals surface area contributed by atoms with Crippen molar-refractivity contribution in [1.29, 1.82) is 0 Å². The summed E-state index contributed by atoms with van der Waals surface area (Å²) < 4.78 is 23.7. The first-order chi connectivity index (χ1) is 12.0. The van der Waals surface area contributed by atoms with E-state index >= 15 is 0 Å². The van der Waals surface area contributed by atoms with E-state index in [1.807, 2.05) is 0 Å². The zero-order valence-electron chi connectivity index (χ0n) is 13.6. The molecule has 0 saturated carbocycles.